The Bertz CT molecular complexity index is 445. The lowest BCUT2D eigenvalue weighted by Gasteiger charge is -2.39. The fourth-order valence-electron chi connectivity index (χ4n) is 3.30. The van der Waals surface area contributed by atoms with Gasteiger partial charge in [-0.1, -0.05) is 52.2 Å². The molecule has 1 aromatic rings. The zero-order chi connectivity index (χ0) is 17.8. The molecule has 1 rings (SSSR count). The lowest BCUT2D eigenvalue weighted by atomic mass is 10.1. The number of ether oxygens (including phenoxy) is 1. The second-order valence-electron chi connectivity index (χ2n) is 6.92. The summed E-state index contributed by atoms with van der Waals surface area (Å²) in [7, 11) is 1.43. The summed E-state index contributed by atoms with van der Waals surface area (Å²) in [6, 6.07) is 8.00. The van der Waals surface area contributed by atoms with Gasteiger partial charge < -0.3 is 9.22 Å². The summed E-state index contributed by atoms with van der Waals surface area (Å²) in [5.74, 6) is -0.259. The third-order valence-electron chi connectivity index (χ3n) is 4.85. The first-order valence-corrected chi connectivity index (χ1v) is 9.63. The number of nitrogens with zero attached hydrogens (tertiary/aromatic N) is 1. The Morgan fingerprint density at radius 1 is 0.875 bits per heavy atom. The molecule has 0 saturated carbocycles. The maximum Gasteiger partial charge on any atom is 0.337 e. The lowest BCUT2D eigenvalue weighted by Crippen LogP contribution is -2.49. The van der Waals surface area contributed by atoms with Gasteiger partial charge in [0, 0.05) is 5.56 Å². The Balaban J connectivity index is 2.92. The van der Waals surface area contributed by atoms with Gasteiger partial charge in [-0.15, -0.1) is 0 Å². The number of carbonyl (C=O) groups is 1. The molecule has 0 bridgehead atoms. The molecule has 0 aliphatic heterocycles. The second kappa shape index (κ2) is 11.2. The van der Waals surface area contributed by atoms with Crippen LogP contribution in [-0.2, 0) is 11.3 Å². The molecule has 0 fully saturated rings. The smallest absolute Gasteiger partial charge is 0.337 e. The number of rotatable bonds is 12. The van der Waals surface area contributed by atoms with Crippen molar-refractivity contribution in [3.63, 3.8) is 0 Å². The van der Waals surface area contributed by atoms with Gasteiger partial charge in [-0.3, -0.25) is 0 Å². The molecule has 0 aliphatic rings. The van der Waals surface area contributed by atoms with Gasteiger partial charge in [-0.05, 0) is 31.4 Å². The number of benzene rings is 1. The van der Waals surface area contributed by atoms with Crippen LogP contribution in [0.5, 0.6) is 0 Å². The third kappa shape index (κ3) is 6.64. The highest BCUT2D eigenvalue weighted by Crippen LogP contribution is 2.20. The second-order valence-corrected chi connectivity index (χ2v) is 6.92. The quantitative estimate of drug-likeness (QED) is 0.388. The molecule has 0 aromatic heterocycles. The zero-order valence-corrected chi connectivity index (χ0v) is 16.1. The molecule has 0 heterocycles. The van der Waals surface area contributed by atoms with E-state index in [1.165, 1.54) is 75.3 Å². The van der Waals surface area contributed by atoms with Crippen LogP contribution in [0.15, 0.2) is 24.3 Å². The van der Waals surface area contributed by atoms with E-state index in [2.05, 4.69) is 32.9 Å². The van der Waals surface area contributed by atoms with Crippen LogP contribution in [0.4, 0.5) is 0 Å². The maximum absolute atomic E-state index is 11.6. The van der Waals surface area contributed by atoms with E-state index in [9.17, 15) is 4.79 Å². The molecule has 0 saturated heterocycles. The summed E-state index contributed by atoms with van der Waals surface area (Å²) in [6.45, 7) is 11.7. The highest BCUT2D eigenvalue weighted by Gasteiger charge is 2.26. The van der Waals surface area contributed by atoms with Gasteiger partial charge in [-0.25, -0.2) is 4.79 Å². The average molecular weight is 335 g/mol. The molecule has 136 valence electrons. The molecular formula is C21H36NO2+. The number of esters is 1. The van der Waals surface area contributed by atoms with Crippen molar-refractivity contribution in [2.24, 2.45) is 0 Å². The minimum Gasteiger partial charge on any atom is -0.465 e. The number of hydrogen-bond acceptors (Lipinski definition) is 2. The number of unbranched alkanes of at least 4 members (excludes halogenated alkanes) is 3. The van der Waals surface area contributed by atoms with E-state index >= 15 is 0 Å². The van der Waals surface area contributed by atoms with E-state index in [-0.39, 0.29) is 5.97 Å². The molecular weight excluding hydrogens is 298 g/mol. The number of hydrogen-bond donors (Lipinski definition) is 0. The highest BCUT2D eigenvalue weighted by molar-refractivity contribution is 5.89. The van der Waals surface area contributed by atoms with Crippen molar-refractivity contribution >= 4 is 5.97 Å². The zero-order valence-electron chi connectivity index (χ0n) is 16.1. The van der Waals surface area contributed by atoms with Crippen molar-refractivity contribution in [3.8, 4) is 0 Å². The van der Waals surface area contributed by atoms with Gasteiger partial charge in [0.15, 0.2) is 0 Å². The predicted molar refractivity (Wildman–Crippen MR) is 101 cm³/mol. The monoisotopic (exact) mass is 334 g/mol. The molecule has 0 unspecified atom stereocenters. The summed E-state index contributed by atoms with van der Waals surface area (Å²) < 4.78 is 5.98. The molecule has 0 atom stereocenters. The maximum atomic E-state index is 11.6. The molecule has 0 radical (unpaired) electrons. The Kier molecular flexibility index (Phi) is 9.70. The highest BCUT2D eigenvalue weighted by atomic mass is 16.5. The standard InChI is InChI=1S/C21H36NO2/c1-5-8-15-22(16-9-6-2,17-10-7-3)18-19-11-13-20(14-12-19)21(23)24-4/h11-14H,5-10,15-18H2,1-4H3/q+1. The summed E-state index contributed by atoms with van der Waals surface area (Å²) in [5, 5.41) is 0. The van der Waals surface area contributed by atoms with Crippen LogP contribution in [-0.4, -0.2) is 37.2 Å². The summed E-state index contributed by atoms with van der Waals surface area (Å²) in [5.41, 5.74) is 1.96. The number of carbonyl (C=O) groups excluding carboxylic acids is 1. The first-order chi connectivity index (χ1) is 11.6. The van der Waals surface area contributed by atoms with Gasteiger partial charge in [0.25, 0.3) is 0 Å². The van der Waals surface area contributed by atoms with Crippen molar-refractivity contribution in [1.29, 1.82) is 0 Å². The Labute approximate surface area is 148 Å². The van der Waals surface area contributed by atoms with E-state index < -0.39 is 0 Å². The molecule has 24 heavy (non-hydrogen) atoms. The molecule has 3 nitrogen and oxygen atoms in total. The summed E-state index contributed by atoms with van der Waals surface area (Å²) in [6.07, 6.45) is 7.60. The minimum atomic E-state index is -0.259. The normalized spacial score (nSPS) is 11.5. The Hall–Kier alpha value is -1.35. The average Bonchev–Trinajstić information content (AvgIpc) is 2.62. The molecule has 1 aromatic carbocycles. The SMILES string of the molecule is CCCC[N+](CCCC)(CCCC)Cc1ccc(C(=O)OC)cc1. The first-order valence-electron chi connectivity index (χ1n) is 9.63. The van der Waals surface area contributed by atoms with Crippen molar-refractivity contribution < 1.29 is 14.0 Å². The summed E-state index contributed by atoms with van der Waals surface area (Å²) in [4.78, 5) is 11.6. The van der Waals surface area contributed by atoms with Crippen LogP contribution in [0, 0.1) is 0 Å². The Morgan fingerprint density at radius 2 is 1.33 bits per heavy atom. The van der Waals surface area contributed by atoms with Crippen LogP contribution in [0.25, 0.3) is 0 Å². The van der Waals surface area contributed by atoms with Crippen molar-refractivity contribution in [3.05, 3.63) is 35.4 Å². The minimum absolute atomic E-state index is 0.259. The lowest BCUT2D eigenvalue weighted by molar-refractivity contribution is -0.941. The van der Waals surface area contributed by atoms with Crippen LogP contribution >= 0.6 is 0 Å². The fourth-order valence-corrected chi connectivity index (χ4v) is 3.30. The van der Waals surface area contributed by atoms with Crippen LogP contribution < -0.4 is 0 Å². The molecule has 3 heteroatoms. The van der Waals surface area contributed by atoms with Crippen LogP contribution in [0.2, 0.25) is 0 Å². The number of methoxy groups -OCH3 is 1. The molecule has 0 spiro atoms. The van der Waals surface area contributed by atoms with Gasteiger partial charge in [-0.2, -0.15) is 0 Å². The van der Waals surface area contributed by atoms with Gasteiger partial charge >= 0.3 is 5.97 Å². The topological polar surface area (TPSA) is 26.3 Å². The van der Waals surface area contributed by atoms with Crippen molar-refractivity contribution in [2.75, 3.05) is 26.7 Å². The van der Waals surface area contributed by atoms with E-state index in [1.807, 2.05) is 12.1 Å². The predicted octanol–water partition coefficient (Wildman–Crippen LogP) is 5.19. The van der Waals surface area contributed by atoms with Crippen LogP contribution in [0.1, 0.15) is 75.2 Å². The van der Waals surface area contributed by atoms with Gasteiger partial charge in [0.05, 0.1) is 32.3 Å². The van der Waals surface area contributed by atoms with E-state index in [0.29, 0.717) is 5.56 Å². The summed E-state index contributed by atoms with van der Waals surface area (Å²) >= 11 is 0. The van der Waals surface area contributed by atoms with Gasteiger partial charge in [0.1, 0.15) is 6.54 Å². The fraction of sp³-hybridized carbons (Fsp3) is 0.667. The van der Waals surface area contributed by atoms with Crippen molar-refractivity contribution in [1.82, 2.24) is 0 Å². The first kappa shape index (κ1) is 20.7. The molecule has 0 amide bonds. The van der Waals surface area contributed by atoms with Gasteiger partial charge in [0.2, 0.25) is 0 Å². The van der Waals surface area contributed by atoms with Crippen molar-refractivity contribution in [2.45, 2.75) is 65.8 Å². The third-order valence-corrected chi connectivity index (χ3v) is 4.85. The largest absolute Gasteiger partial charge is 0.465 e. The molecule has 0 aliphatic carbocycles. The van der Waals surface area contributed by atoms with Crippen LogP contribution in [0.3, 0.4) is 0 Å². The van der Waals surface area contributed by atoms with E-state index in [4.69, 9.17) is 4.74 Å². The van der Waals surface area contributed by atoms with E-state index in [0.717, 1.165) is 6.54 Å². The Morgan fingerprint density at radius 3 is 1.71 bits per heavy atom. The molecule has 0 N–H and O–H groups in total. The van der Waals surface area contributed by atoms with E-state index in [1.54, 1.807) is 0 Å². The number of quaternary nitrogens is 1.